The quantitative estimate of drug-likeness (QED) is 0.554. The van der Waals surface area contributed by atoms with Gasteiger partial charge in [-0.2, -0.15) is 21.4 Å². The molecule has 1 aromatic carbocycles. The Morgan fingerprint density at radius 1 is 1.34 bits per heavy atom. The van der Waals surface area contributed by atoms with Crippen LogP contribution in [0, 0.1) is 11.3 Å². The first-order valence-electron chi connectivity index (χ1n) is 11.0. The van der Waals surface area contributed by atoms with Crippen molar-refractivity contribution in [3.8, 4) is 11.8 Å². The summed E-state index contributed by atoms with van der Waals surface area (Å²) in [5.41, 5.74) is 1.04. The molecule has 174 valence electrons. The average Bonchev–Trinajstić information content (AvgIpc) is 3.18. The van der Waals surface area contributed by atoms with E-state index < -0.39 is 5.41 Å². The summed E-state index contributed by atoms with van der Waals surface area (Å²) in [6.07, 6.45) is 2.12. The van der Waals surface area contributed by atoms with Gasteiger partial charge < -0.3 is 9.64 Å². The third-order valence-corrected chi connectivity index (χ3v) is 7.25. The number of nitriles is 1. The van der Waals surface area contributed by atoms with E-state index in [0.717, 1.165) is 49.6 Å². The second-order valence-corrected chi connectivity index (χ2v) is 10.5. The van der Waals surface area contributed by atoms with Gasteiger partial charge in [-0.1, -0.05) is 6.07 Å². The van der Waals surface area contributed by atoms with Gasteiger partial charge in [-0.15, -0.1) is 0 Å². The summed E-state index contributed by atoms with van der Waals surface area (Å²) in [5.74, 6) is 2.40. The van der Waals surface area contributed by atoms with Crippen LogP contribution < -0.4 is 4.74 Å². The Labute approximate surface area is 200 Å². The van der Waals surface area contributed by atoms with Gasteiger partial charge in [0.05, 0.1) is 23.7 Å². The molecular formula is C23H33N5O2S2. The molecule has 1 atom stereocenters. The number of piperazine rings is 1. The SMILES string of the molecule is CCOc1cc(C(C)(C)C#N)ccc1C1=NSC(C)N1C(=O)N1CCN(CCSC)CC1. The van der Waals surface area contributed by atoms with Crippen LogP contribution in [-0.2, 0) is 5.41 Å². The van der Waals surface area contributed by atoms with Crippen molar-refractivity contribution < 1.29 is 9.53 Å². The molecule has 1 unspecified atom stereocenters. The first kappa shape index (κ1) is 24.7. The van der Waals surface area contributed by atoms with Crippen molar-refractivity contribution in [2.75, 3.05) is 51.3 Å². The molecule has 32 heavy (non-hydrogen) atoms. The summed E-state index contributed by atoms with van der Waals surface area (Å²) in [4.78, 5) is 19.6. The summed E-state index contributed by atoms with van der Waals surface area (Å²) in [6, 6.07) is 8.11. The van der Waals surface area contributed by atoms with E-state index in [2.05, 4.69) is 21.6 Å². The van der Waals surface area contributed by atoms with Crippen LogP contribution in [0.1, 0.15) is 38.8 Å². The van der Waals surface area contributed by atoms with Gasteiger partial charge in [-0.25, -0.2) is 4.79 Å². The number of rotatable bonds is 7. The summed E-state index contributed by atoms with van der Waals surface area (Å²) >= 11 is 3.25. The average molecular weight is 476 g/mol. The summed E-state index contributed by atoms with van der Waals surface area (Å²) in [5, 5.41) is 9.44. The van der Waals surface area contributed by atoms with E-state index in [1.54, 1.807) is 4.90 Å². The number of carbonyl (C=O) groups is 1. The fourth-order valence-corrected chi connectivity index (χ4v) is 4.95. The fourth-order valence-electron chi connectivity index (χ4n) is 3.79. The molecule has 1 fully saturated rings. The Kier molecular flexibility index (Phi) is 8.37. The van der Waals surface area contributed by atoms with Gasteiger partial charge in [0, 0.05) is 50.4 Å². The Hall–Kier alpha value is -1.89. The van der Waals surface area contributed by atoms with Crippen molar-refractivity contribution in [2.45, 2.75) is 38.5 Å². The zero-order chi connectivity index (χ0) is 23.3. The first-order chi connectivity index (χ1) is 15.3. The van der Waals surface area contributed by atoms with Crippen LogP contribution >= 0.6 is 23.7 Å². The third kappa shape index (κ3) is 5.36. The van der Waals surface area contributed by atoms with Gasteiger partial charge in [0.1, 0.15) is 11.1 Å². The van der Waals surface area contributed by atoms with Crippen LogP contribution in [0.2, 0.25) is 0 Å². The number of carbonyl (C=O) groups excluding carboxylic acids is 1. The van der Waals surface area contributed by atoms with E-state index in [4.69, 9.17) is 4.74 Å². The van der Waals surface area contributed by atoms with Gasteiger partial charge in [0.25, 0.3) is 0 Å². The number of ether oxygens (including phenoxy) is 1. The van der Waals surface area contributed by atoms with Gasteiger partial charge in [0.2, 0.25) is 0 Å². The number of nitrogens with zero attached hydrogens (tertiary/aromatic N) is 5. The van der Waals surface area contributed by atoms with Gasteiger partial charge in [-0.3, -0.25) is 9.80 Å². The lowest BCUT2D eigenvalue weighted by molar-refractivity contribution is 0.129. The van der Waals surface area contributed by atoms with Crippen molar-refractivity contribution in [3.63, 3.8) is 0 Å². The Balaban J connectivity index is 1.82. The van der Waals surface area contributed by atoms with E-state index in [9.17, 15) is 10.1 Å². The van der Waals surface area contributed by atoms with Crippen LogP contribution in [0.25, 0.3) is 0 Å². The molecule has 1 aromatic rings. The maximum Gasteiger partial charge on any atom is 0.326 e. The fraction of sp³-hybridized carbons (Fsp3) is 0.609. The molecule has 0 spiro atoms. The minimum Gasteiger partial charge on any atom is -0.493 e. The highest BCUT2D eigenvalue weighted by Crippen LogP contribution is 2.35. The lowest BCUT2D eigenvalue weighted by Crippen LogP contribution is -2.54. The van der Waals surface area contributed by atoms with Crippen molar-refractivity contribution in [2.24, 2.45) is 4.40 Å². The maximum atomic E-state index is 13.5. The van der Waals surface area contributed by atoms with Crippen LogP contribution in [-0.4, -0.2) is 83.3 Å². The lowest BCUT2D eigenvalue weighted by Gasteiger charge is -2.37. The smallest absolute Gasteiger partial charge is 0.326 e. The van der Waals surface area contributed by atoms with E-state index in [1.807, 2.05) is 62.6 Å². The van der Waals surface area contributed by atoms with E-state index in [-0.39, 0.29) is 11.4 Å². The zero-order valence-corrected chi connectivity index (χ0v) is 21.3. The molecule has 0 N–H and O–H groups in total. The van der Waals surface area contributed by atoms with Crippen molar-refractivity contribution in [1.82, 2.24) is 14.7 Å². The minimum absolute atomic E-state index is 0.00496. The normalized spacial score (nSPS) is 19.6. The molecule has 9 heteroatoms. The molecule has 2 heterocycles. The second kappa shape index (κ2) is 10.8. The van der Waals surface area contributed by atoms with Crippen molar-refractivity contribution in [3.05, 3.63) is 29.3 Å². The highest BCUT2D eigenvalue weighted by molar-refractivity contribution is 7.99. The first-order valence-corrected chi connectivity index (χ1v) is 13.3. The monoisotopic (exact) mass is 475 g/mol. The standard InChI is InChI=1S/C23H33N5O2S2/c1-6-30-20-15-18(23(3,4)16-24)7-8-19(20)21-25-32-17(2)28(21)22(29)27-11-9-26(10-12-27)13-14-31-5/h7-8,15,17H,6,9-14H2,1-5H3. The molecule has 0 bridgehead atoms. The van der Waals surface area contributed by atoms with Crippen LogP contribution in [0.4, 0.5) is 4.79 Å². The molecule has 2 aliphatic rings. The molecule has 0 radical (unpaired) electrons. The number of amides is 2. The predicted molar refractivity (Wildman–Crippen MR) is 133 cm³/mol. The van der Waals surface area contributed by atoms with Crippen molar-refractivity contribution >= 4 is 35.6 Å². The number of urea groups is 1. The lowest BCUT2D eigenvalue weighted by atomic mass is 9.85. The number of amidine groups is 1. The highest BCUT2D eigenvalue weighted by Gasteiger charge is 2.37. The molecule has 2 aliphatic heterocycles. The second-order valence-electron chi connectivity index (χ2n) is 8.47. The topological polar surface area (TPSA) is 72.2 Å². The van der Waals surface area contributed by atoms with Gasteiger partial charge >= 0.3 is 6.03 Å². The van der Waals surface area contributed by atoms with Gasteiger partial charge in [0.15, 0.2) is 5.84 Å². The van der Waals surface area contributed by atoms with Crippen LogP contribution in [0.3, 0.4) is 0 Å². The number of benzene rings is 1. The molecule has 3 rings (SSSR count). The van der Waals surface area contributed by atoms with Crippen LogP contribution in [0.5, 0.6) is 5.75 Å². The molecular weight excluding hydrogens is 442 g/mol. The van der Waals surface area contributed by atoms with E-state index in [0.29, 0.717) is 18.2 Å². The Bertz CT molecular complexity index is 891. The van der Waals surface area contributed by atoms with Crippen molar-refractivity contribution in [1.29, 1.82) is 5.26 Å². The third-order valence-electron chi connectivity index (χ3n) is 5.87. The molecule has 0 aliphatic carbocycles. The highest BCUT2D eigenvalue weighted by atomic mass is 32.2. The Morgan fingerprint density at radius 2 is 2.06 bits per heavy atom. The molecule has 1 saturated heterocycles. The number of hydrogen-bond donors (Lipinski definition) is 0. The largest absolute Gasteiger partial charge is 0.493 e. The summed E-state index contributed by atoms with van der Waals surface area (Å²) in [7, 11) is 0. The summed E-state index contributed by atoms with van der Waals surface area (Å²) in [6.45, 7) is 12.5. The minimum atomic E-state index is -0.630. The van der Waals surface area contributed by atoms with E-state index in [1.165, 1.54) is 11.9 Å². The number of hydrogen-bond acceptors (Lipinski definition) is 7. The zero-order valence-electron chi connectivity index (χ0n) is 19.6. The molecule has 7 nitrogen and oxygen atoms in total. The van der Waals surface area contributed by atoms with Crippen LogP contribution in [0.15, 0.2) is 22.6 Å². The molecule has 2 amide bonds. The predicted octanol–water partition coefficient (Wildman–Crippen LogP) is 4.04. The molecule has 0 aromatic heterocycles. The Morgan fingerprint density at radius 3 is 2.69 bits per heavy atom. The maximum absolute atomic E-state index is 13.5. The van der Waals surface area contributed by atoms with E-state index >= 15 is 0 Å². The summed E-state index contributed by atoms with van der Waals surface area (Å²) < 4.78 is 10.6. The van der Waals surface area contributed by atoms with Gasteiger partial charge in [-0.05, 0) is 51.6 Å². The number of thioether (sulfide) groups is 1. The molecule has 0 saturated carbocycles.